The van der Waals surface area contributed by atoms with Gasteiger partial charge in [-0.25, -0.2) is 4.79 Å². The van der Waals surface area contributed by atoms with Crippen molar-refractivity contribution in [2.75, 3.05) is 19.6 Å². The molecule has 0 bridgehead atoms. The minimum atomic E-state index is -0.948. The van der Waals surface area contributed by atoms with Crippen molar-refractivity contribution in [1.29, 1.82) is 0 Å². The Morgan fingerprint density at radius 3 is 2.14 bits per heavy atom. The SMILES string of the molecule is CCCNC(=O)CCNC(=O)N(CCC(=O)O)C(C)(C)C. The number of carbonyl (C=O) groups is 3. The number of carbonyl (C=O) groups excluding carboxylic acids is 2. The van der Waals surface area contributed by atoms with Gasteiger partial charge >= 0.3 is 12.0 Å². The second kappa shape index (κ2) is 9.20. The van der Waals surface area contributed by atoms with Gasteiger partial charge in [-0.2, -0.15) is 0 Å². The van der Waals surface area contributed by atoms with Crippen molar-refractivity contribution in [3.63, 3.8) is 0 Å². The van der Waals surface area contributed by atoms with E-state index < -0.39 is 11.5 Å². The average Bonchev–Trinajstić information content (AvgIpc) is 2.34. The summed E-state index contributed by atoms with van der Waals surface area (Å²) in [5.41, 5.74) is -0.482. The molecule has 7 heteroatoms. The van der Waals surface area contributed by atoms with Crippen LogP contribution in [0.25, 0.3) is 0 Å². The van der Waals surface area contributed by atoms with Gasteiger partial charge in [0.05, 0.1) is 6.42 Å². The van der Waals surface area contributed by atoms with Crippen LogP contribution in [0.15, 0.2) is 0 Å². The molecule has 0 saturated heterocycles. The topological polar surface area (TPSA) is 98.7 Å². The summed E-state index contributed by atoms with van der Waals surface area (Å²) in [6.07, 6.45) is 0.968. The Labute approximate surface area is 126 Å². The Bertz CT molecular complexity index is 364. The number of aliphatic carboxylic acids is 1. The quantitative estimate of drug-likeness (QED) is 0.627. The van der Waals surface area contributed by atoms with Crippen LogP contribution in [0.5, 0.6) is 0 Å². The minimum Gasteiger partial charge on any atom is -0.481 e. The van der Waals surface area contributed by atoms with Crippen molar-refractivity contribution in [3.05, 3.63) is 0 Å². The summed E-state index contributed by atoms with van der Waals surface area (Å²) < 4.78 is 0. The highest BCUT2D eigenvalue weighted by Gasteiger charge is 2.26. The molecule has 3 amide bonds. The van der Waals surface area contributed by atoms with Crippen LogP contribution in [-0.4, -0.2) is 53.1 Å². The van der Waals surface area contributed by atoms with E-state index in [1.165, 1.54) is 4.90 Å². The first kappa shape index (κ1) is 19.2. The summed E-state index contributed by atoms with van der Waals surface area (Å²) >= 11 is 0. The van der Waals surface area contributed by atoms with E-state index >= 15 is 0 Å². The van der Waals surface area contributed by atoms with Gasteiger partial charge in [-0.3, -0.25) is 9.59 Å². The summed E-state index contributed by atoms with van der Waals surface area (Å²) in [5.74, 6) is -1.05. The predicted octanol–water partition coefficient (Wildman–Crippen LogP) is 1.19. The maximum atomic E-state index is 12.1. The number of carboxylic acids is 1. The fourth-order valence-electron chi connectivity index (χ4n) is 1.68. The standard InChI is InChI=1S/C14H27N3O4/c1-5-8-15-11(18)6-9-16-13(21)17(14(2,3)4)10-7-12(19)20/h5-10H2,1-4H3,(H,15,18)(H,16,21)(H,19,20). The number of rotatable bonds is 8. The zero-order chi connectivity index (χ0) is 16.5. The van der Waals surface area contributed by atoms with Crippen LogP contribution in [0.2, 0.25) is 0 Å². The van der Waals surface area contributed by atoms with Gasteiger partial charge in [0.1, 0.15) is 0 Å². The van der Waals surface area contributed by atoms with Crippen molar-refractivity contribution in [2.45, 2.75) is 52.5 Å². The number of nitrogens with one attached hydrogen (secondary N) is 2. The third kappa shape index (κ3) is 8.88. The summed E-state index contributed by atoms with van der Waals surface area (Å²) in [7, 11) is 0. The molecule has 0 spiro atoms. The van der Waals surface area contributed by atoms with Crippen LogP contribution in [0.1, 0.15) is 47.0 Å². The van der Waals surface area contributed by atoms with Gasteiger partial charge in [0, 0.05) is 31.6 Å². The number of hydrogen-bond donors (Lipinski definition) is 3. The molecule has 0 aliphatic heterocycles. The molecule has 21 heavy (non-hydrogen) atoms. The molecule has 0 unspecified atom stereocenters. The van der Waals surface area contributed by atoms with Gasteiger partial charge in [0.25, 0.3) is 0 Å². The summed E-state index contributed by atoms with van der Waals surface area (Å²) in [4.78, 5) is 35.6. The summed E-state index contributed by atoms with van der Waals surface area (Å²) in [6.45, 7) is 8.46. The number of nitrogens with zero attached hydrogens (tertiary/aromatic N) is 1. The van der Waals surface area contributed by atoms with Gasteiger partial charge in [-0.15, -0.1) is 0 Å². The molecular formula is C14H27N3O4. The van der Waals surface area contributed by atoms with Crippen LogP contribution < -0.4 is 10.6 Å². The van der Waals surface area contributed by atoms with Crippen LogP contribution in [0, 0.1) is 0 Å². The average molecular weight is 301 g/mol. The van der Waals surface area contributed by atoms with E-state index in [-0.39, 0.29) is 37.9 Å². The lowest BCUT2D eigenvalue weighted by atomic mass is 10.1. The molecule has 0 atom stereocenters. The number of amides is 3. The van der Waals surface area contributed by atoms with Crippen LogP contribution in [0.4, 0.5) is 4.79 Å². The molecule has 0 aromatic carbocycles. The molecule has 0 aliphatic carbocycles. The molecule has 3 N–H and O–H groups in total. The number of hydrogen-bond acceptors (Lipinski definition) is 3. The van der Waals surface area contributed by atoms with E-state index in [1.807, 2.05) is 27.7 Å². The highest BCUT2D eigenvalue weighted by atomic mass is 16.4. The molecule has 0 aromatic heterocycles. The Morgan fingerprint density at radius 2 is 1.67 bits per heavy atom. The van der Waals surface area contributed by atoms with Gasteiger partial charge in [-0.1, -0.05) is 6.92 Å². The monoisotopic (exact) mass is 301 g/mol. The Kier molecular flexibility index (Phi) is 8.42. The van der Waals surface area contributed by atoms with Crippen molar-refractivity contribution >= 4 is 17.9 Å². The van der Waals surface area contributed by atoms with E-state index in [0.717, 1.165) is 6.42 Å². The first-order chi connectivity index (χ1) is 9.68. The maximum absolute atomic E-state index is 12.1. The highest BCUT2D eigenvalue weighted by Crippen LogP contribution is 2.13. The predicted molar refractivity (Wildman–Crippen MR) is 80.0 cm³/mol. The van der Waals surface area contributed by atoms with Crippen molar-refractivity contribution < 1.29 is 19.5 Å². The molecule has 0 fully saturated rings. The third-order valence-electron chi connectivity index (χ3n) is 2.80. The molecule has 0 aliphatic rings. The lowest BCUT2D eigenvalue weighted by molar-refractivity contribution is -0.137. The van der Waals surface area contributed by atoms with E-state index in [2.05, 4.69) is 10.6 Å². The first-order valence-corrected chi connectivity index (χ1v) is 7.22. The second-order valence-electron chi connectivity index (χ2n) is 5.80. The normalized spacial score (nSPS) is 10.9. The smallest absolute Gasteiger partial charge is 0.317 e. The summed E-state index contributed by atoms with van der Waals surface area (Å²) in [5, 5.41) is 14.1. The Balaban J connectivity index is 4.29. The van der Waals surface area contributed by atoms with Crippen molar-refractivity contribution in [2.24, 2.45) is 0 Å². The van der Waals surface area contributed by atoms with Crippen molar-refractivity contribution in [1.82, 2.24) is 15.5 Å². The van der Waals surface area contributed by atoms with Crippen LogP contribution in [-0.2, 0) is 9.59 Å². The van der Waals surface area contributed by atoms with E-state index in [1.54, 1.807) is 0 Å². The van der Waals surface area contributed by atoms with E-state index in [9.17, 15) is 14.4 Å². The van der Waals surface area contributed by atoms with Crippen LogP contribution >= 0.6 is 0 Å². The first-order valence-electron chi connectivity index (χ1n) is 7.22. The largest absolute Gasteiger partial charge is 0.481 e. The van der Waals surface area contributed by atoms with Crippen molar-refractivity contribution in [3.8, 4) is 0 Å². The Hall–Kier alpha value is -1.79. The third-order valence-corrected chi connectivity index (χ3v) is 2.80. The lowest BCUT2D eigenvalue weighted by Crippen LogP contribution is -2.51. The minimum absolute atomic E-state index is 0.106. The molecule has 0 saturated carbocycles. The zero-order valence-electron chi connectivity index (χ0n) is 13.4. The molecular weight excluding hydrogens is 274 g/mol. The van der Waals surface area contributed by atoms with Crippen LogP contribution in [0.3, 0.4) is 0 Å². The zero-order valence-corrected chi connectivity index (χ0v) is 13.4. The summed E-state index contributed by atoms with van der Waals surface area (Å²) in [6, 6.07) is -0.355. The fraction of sp³-hybridized carbons (Fsp3) is 0.786. The van der Waals surface area contributed by atoms with E-state index in [0.29, 0.717) is 6.54 Å². The molecule has 0 aromatic rings. The van der Waals surface area contributed by atoms with Gasteiger partial charge in [0.15, 0.2) is 0 Å². The van der Waals surface area contributed by atoms with E-state index in [4.69, 9.17) is 5.11 Å². The number of urea groups is 1. The molecule has 7 nitrogen and oxygen atoms in total. The molecule has 122 valence electrons. The lowest BCUT2D eigenvalue weighted by Gasteiger charge is -2.35. The fourth-order valence-corrected chi connectivity index (χ4v) is 1.68. The highest BCUT2D eigenvalue weighted by molar-refractivity contribution is 5.78. The maximum Gasteiger partial charge on any atom is 0.317 e. The second-order valence-corrected chi connectivity index (χ2v) is 5.80. The van der Waals surface area contributed by atoms with Gasteiger partial charge in [0.2, 0.25) is 5.91 Å². The van der Waals surface area contributed by atoms with Gasteiger partial charge in [-0.05, 0) is 27.2 Å². The van der Waals surface area contributed by atoms with Gasteiger partial charge < -0.3 is 20.6 Å². The molecule has 0 rings (SSSR count). The Morgan fingerprint density at radius 1 is 1.05 bits per heavy atom. The molecule has 0 radical (unpaired) electrons. The molecule has 0 heterocycles. The number of carboxylic acid groups (broad SMARTS) is 1.